The SMILES string of the molecule is C#CC(NOC(=O)C(=O)ONC(C#C)c1ccccc1OC)c1ccccc1OC. The second kappa shape index (κ2) is 11.1. The lowest BCUT2D eigenvalue weighted by atomic mass is 10.1. The molecule has 0 saturated heterocycles. The van der Waals surface area contributed by atoms with Crippen molar-refractivity contribution in [2.24, 2.45) is 0 Å². The Bertz CT molecular complexity index is 897. The maximum absolute atomic E-state index is 11.9. The summed E-state index contributed by atoms with van der Waals surface area (Å²) in [7, 11) is 2.95. The minimum absolute atomic E-state index is 0.488. The van der Waals surface area contributed by atoms with Gasteiger partial charge in [0.1, 0.15) is 23.6 Å². The van der Waals surface area contributed by atoms with E-state index >= 15 is 0 Å². The smallest absolute Gasteiger partial charge is 0.437 e. The molecule has 0 aromatic heterocycles. The van der Waals surface area contributed by atoms with Gasteiger partial charge in [0.2, 0.25) is 0 Å². The summed E-state index contributed by atoms with van der Waals surface area (Å²) in [4.78, 5) is 33.4. The van der Waals surface area contributed by atoms with E-state index in [1.54, 1.807) is 48.5 Å². The second-order valence-corrected chi connectivity index (χ2v) is 5.70. The van der Waals surface area contributed by atoms with Gasteiger partial charge in [-0.3, -0.25) is 0 Å². The molecule has 0 aliphatic carbocycles. The van der Waals surface area contributed by atoms with Gasteiger partial charge in [0.25, 0.3) is 0 Å². The molecule has 0 aliphatic rings. The first-order valence-corrected chi connectivity index (χ1v) is 8.66. The minimum Gasteiger partial charge on any atom is -0.496 e. The maximum atomic E-state index is 11.9. The Morgan fingerprint density at radius 2 is 1.13 bits per heavy atom. The van der Waals surface area contributed by atoms with Crippen LogP contribution in [0.4, 0.5) is 0 Å². The number of nitrogens with one attached hydrogen (secondary N) is 2. The number of hydrogen-bond donors (Lipinski definition) is 2. The van der Waals surface area contributed by atoms with Crippen LogP contribution >= 0.6 is 0 Å². The van der Waals surface area contributed by atoms with Gasteiger partial charge in [-0.1, -0.05) is 48.2 Å². The number of methoxy groups -OCH3 is 2. The third-order valence-corrected chi connectivity index (χ3v) is 3.94. The third kappa shape index (κ3) is 5.52. The van der Waals surface area contributed by atoms with Gasteiger partial charge in [0.15, 0.2) is 0 Å². The molecule has 2 N–H and O–H groups in total. The van der Waals surface area contributed by atoms with Gasteiger partial charge in [-0.25, -0.2) is 9.59 Å². The fourth-order valence-electron chi connectivity index (χ4n) is 2.49. The van der Waals surface area contributed by atoms with Gasteiger partial charge < -0.3 is 19.1 Å². The van der Waals surface area contributed by atoms with E-state index in [1.807, 2.05) is 0 Å². The van der Waals surface area contributed by atoms with E-state index in [9.17, 15) is 9.59 Å². The molecule has 0 aliphatic heterocycles. The Kier molecular flexibility index (Phi) is 8.27. The lowest BCUT2D eigenvalue weighted by Crippen LogP contribution is -2.34. The van der Waals surface area contributed by atoms with Crippen molar-refractivity contribution < 1.29 is 28.7 Å². The molecule has 2 aromatic carbocycles. The summed E-state index contributed by atoms with van der Waals surface area (Å²) in [6, 6.07) is 12.1. The van der Waals surface area contributed by atoms with Crippen molar-refractivity contribution in [3.63, 3.8) is 0 Å². The molecule has 0 heterocycles. The first kappa shape index (κ1) is 22.3. The van der Waals surface area contributed by atoms with Gasteiger partial charge in [0, 0.05) is 11.1 Å². The Hall–Kier alpha value is -3.98. The summed E-state index contributed by atoms with van der Waals surface area (Å²) < 4.78 is 10.4. The Morgan fingerprint density at radius 3 is 1.47 bits per heavy atom. The number of terminal acetylenes is 2. The highest BCUT2D eigenvalue weighted by molar-refractivity contribution is 6.29. The molecule has 8 nitrogen and oxygen atoms in total. The normalized spacial score (nSPS) is 11.9. The summed E-state index contributed by atoms with van der Waals surface area (Å²) in [6.07, 6.45) is 11.0. The molecule has 2 aromatic rings. The highest BCUT2D eigenvalue weighted by atomic mass is 16.7. The van der Waals surface area contributed by atoms with Crippen molar-refractivity contribution in [3.05, 3.63) is 59.7 Å². The van der Waals surface area contributed by atoms with Crippen LogP contribution in [0.1, 0.15) is 23.2 Å². The molecule has 0 radical (unpaired) electrons. The molecule has 2 atom stereocenters. The summed E-state index contributed by atoms with van der Waals surface area (Å²) in [6.45, 7) is 0. The number of hydroxylamine groups is 2. The second-order valence-electron chi connectivity index (χ2n) is 5.70. The average Bonchev–Trinajstić information content (AvgIpc) is 2.80. The zero-order valence-electron chi connectivity index (χ0n) is 16.4. The van der Waals surface area contributed by atoms with E-state index in [1.165, 1.54) is 14.2 Å². The van der Waals surface area contributed by atoms with Crippen LogP contribution in [0.5, 0.6) is 11.5 Å². The van der Waals surface area contributed by atoms with Gasteiger partial charge in [-0.2, -0.15) is 0 Å². The van der Waals surface area contributed by atoms with Crippen molar-refractivity contribution in [3.8, 4) is 36.2 Å². The fraction of sp³-hybridized carbons (Fsp3) is 0.182. The third-order valence-electron chi connectivity index (χ3n) is 3.94. The van der Waals surface area contributed by atoms with Crippen molar-refractivity contribution in [2.45, 2.75) is 12.1 Å². The minimum atomic E-state index is -1.33. The van der Waals surface area contributed by atoms with Crippen LogP contribution in [0.15, 0.2) is 48.5 Å². The molecule has 0 spiro atoms. The van der Waals surface area contributed by atoms with Gasteiger partial charge in [0.05, 0.1) is 14.2 Å². The van der Waals surface area contributed by atoms with Crippen LogP contribution in [0.3, 0.4) is 0 Å². The van der Waals surface area contributed by atoms with E-state index in [2.05, 4.69) is 22.8 Å². The van der Waals surface area contributed by atoms with Crippen molar-refractivity contribution >= 4 is 11.9 Å². The largest absolute Gasteiger partial charge is 0.496 e. The molecule has 154 valence electrons. The highest BCUT2D eigenvalue weighted by Crippen LogP contribution is 2.25. The fourth-order valence-corrected chi connectivity index (χ4v) is 2.49. The first-order valence-electron chi connectivity index (χ1n) is 8.66. The molecule has 0 bridgehead atoms. The van der Waals surface area contributed by atoms with Gasteiger partial charge >= 0.3 is 11.9 Å². The lowest BCUT2D eigenvalue weighted by Gasteiger charge is -2.17. The molecule has 8 heteroatoms. The quantitative estimate of drug-likeness (QED) is 0.388. The number of benzene rings is 2. The molecule has 0 saturated carbocycles. The Balaban J connectivity index is 1.95. The van der Waals surface area contributed by atoms with Crippen LogP contribution in [-0.4, -0.2) is 26.2 Å². The Labute approximate surface area is 174 Å². The number of hydrogen-bond acceptors (Lipinski definition) is 8. The molecular formula is C22H20N2O6. The molecule has 2 rings (SSSR count). The Morgan fingerprint density at radius 1 is 0.767 bits per heavy atom. The van der Waals surface area contributed by atoms with Crippen LogP contribution in [-0.2, 0) is 19.3 Å². The number of carbonyl (C=O) groups excluding carboxylic acids is 2. The summed E-state index contributed by atoms with van der Waals surface area (Å²) in [5.74, 6) is 3.13. The van der Waals surface area contributed by atoms with Crippen LogP contribution in [0, 0.1) is 24.7 Å². The van der Waals surface area contributed by atoms with Crippen LogP contribution in [0.25, 0.3) is 0 Å². The monoisotopic (exact) mass is 408 g/mol. The van der Waals surface area contributed by atoms with Crippen molar-refractivity contribution in [1.82, 2.24) is 11.0 Å². The zero-order chi connectivity index (χ0) is 21.9. The predicted molar refractivity (Wildman–Crippen MR) is 108 cm³/mol. The standard InChI is InChI=1S/C22H20N2O6/c1-5-17(15-11-7-9-13-19(15)27-3)23-29-21(25)22(26)30-24-18(6-2)16-12-8-10-14-20(16)28-4/h1-2,7-14,17-18,23-24H,3-4H3. The predicted octanol–water partition coefficient (Wildman–Crippen LogP) is 1.85. The number of carbonyl (C=O) groups is 2. The van der Waals surface area contributed by atoms with Gasteiger partial charge in [-0.15, -0.1) is 23.8 Å². The summed E-state index contributed by atoms with van der Waals surface area (Å²) in [5.41, 5.74) is 5.77. The maximum Gasteiger partial charge on any atom is 0.437 e. The molecule has 0 fully saturated rings. The van der Waals surface area contributed by atoms with Crippen LogP contribution in [0.2, 0.25) is 0 Å². The van der Waals surface area contributed by atoms with E-state index in [-0.39, 0.29) is 0 Å². The summed E-state index contributed by atoms with van der Waals surface area (Å²) >= 11 is 0. The molecule has 30 heavy (non-hydrogen) atoms. The van der Waals surface area contributed by atoms with E-state index in [0.29, 0.717) is 22.6 Å². The first-order chi connectivity index (χ1) is 14.5. The zero-order valence-corrected chi connectivity index (χ0v) is 16.4. The van der Waals surface area contributed by atoms with Crippen molar-refractivity contribution in [2.75, 3.05) is 14.2 Å². The van der Waals surface area contributed by atoms with E-state index in [4.69, 9.17) is 32.0 Å². The summed E-state index contributed by atoms with van der Waals surface area (Å²) in [5, 5.41) is 0. The number of para-hydroxylation sites is 2. The van der Waals surface area contributed by atoms with E-state index < -0.39 is 24.0 Å². The van der Waals surface area contributed by atoms with E-state index in [0.717, 1.165) is 0 Å². The topological polar surface area (TPSA) is 95.1 Å². The molecular weight excluding hydrogens is 388 g/mol. The number of ether oxygens (including phenoxy) is 2. The van der Waals surface area contributed by atoms with Crippen LogP contribution < -0.4 is 20.4 Å². The van der Waals surface area contributed by atoms with Crippen molar-refractivity contribution in [1.29, 1.82) is 0 Å². The molecule has 2 unspecified atom stereocenters. The average molecular weight is 408 g/mol. The number of rotatable bonds is 8. The highest BCUT2D eigenvalue weighted by Gasteiger charge is 2.23. The molecule has 0 amide bonds. The lowest BCUT2D eigenvalue weighted by molar-refractivity contribution is -0.177. The van der Waals surface area contributed by atoms with Gasteiger partial charge in [-0.05, 0) is 12.1 Å².